The van der Waals surface area contributed by atoms with Crippen LogP contribution >= 0.6 is 0 Å². The Morgan fingerprint density at radius 1 is 1.18 bits per heavy atom. The van der Waals surface area contributed by atoms with Gasteiger partial charge in [-0.1, -0.05) is 31.5 Å². The second kappa shape index (κ2) is 13.6. The molecule has 34 heavy (non-hydrogen) atoms. The third kappa shape index (κ3) is 8.37. The van der Waals surface area contributed by atoms with E-state index in [4.69, 9.17) is 14.3 Å². The molecule has 1 aliphatic heterocycles. The van der Waals surface area contributed by atoms with Gasteiger partial charge < -0.3 is 29.4 Å². The van der Waals surface area contributed by atoms with Gasteiger partial charge in [0.05, 0.1) is 24.5 Å². The highest BCUT2D eigenvalue weighted by Gasteiger charge is 2.26. The van der Waals surface area contributed by atoms with Crippen molar-refractivity contribution in [2.45, 2.75) is 65.6 Å². The number of amides is 1. The second-order valence-electron chi connectivity index (χ2n) is 8.41. The monoisotopic (exact) mass is 476 g/mol. The van der Waals surface area contributed by atoms with Crippen LogP contribution in [0.4, 0.5) is 0 Å². The van der Waals surface area contributed by atoms with Crippen LogP contribution < -0.4 is 0 Å². The lowest BCUT2D eigenvalue weighted by atomic mass is 10.00. The topological polar surface area (TPSA) is 118 Å². The summed E-state index contributed by atoms with van der Waals surface area (Å²) in [6.07, 6.45) is 6.01. The van der Waals surface area contributed by atoms with E-state index in [-0.39, 0.29) is 54.8 Å². The van der Waals surface area contributed by atoms with E-state index in [1.807, 2.05) is 33.8 Å². The number of benzene rings is 1. The molecule has 2 rings (SSSR count). The van der Waals surface area contributed by atoms with Gasteiger partial charge >= 0.3 is 5.97 Å². The van der Waals surface area contributed by atoms with Crippen LogP contribution in [0.2, 0.25) is 0 Å². The molecule has 2 atom stereocenters. The van der Waals surface area contributed by atoms with Gasteiger partial charge in [-0.25, -0.2) is 4.79 Å². The standard InChI is InChI=1S/C25H36N2O7/c1-5-7-8-9-20(26-33-16-23(30)27-14-17(3)34-18(4)15-27)11-19-12-21(28)13-22(29)24(19)25(31)32-10-6-2/h8-9,12-13,17-18,28-29H,5-7,10-11,14-16H2,1-4H3/b9-8+,26-20-. The number of ether oxygens (including phenoxy) is 2. The number of phenolic OH excluding ortho intramolecular Hbond substituents is 2. The SMILES string of the molecule is CCC/C=C/C(Cc1cc(O)cc(O)c1C(=O)OCCC)=N/OCC(=O)N1CC(C)OC(C)C1. The van der Waals surface area contributed by atoms with Crippen LogP contribution in [0, 0.1) is 0 Å². The maximum atomic E-state index is 12.6. The van der Waals surface area contributed by atoms with Crippen molar-refractivity contribution in [3.63, 3.8) is 0 Å². The Hall–Kier alpha value is -3.07. The molecule has 1 saturated heterocycles. The van der Waals surface area contributed by atoms with Crippen molar-refractivity contribution in [3.8, 4) is 11.5 Å². The highest BCUT2D eigenvalue weighted by Crippen LogP contribution is 2.29. The van der Waals surface area contributed by atoms with E-state index in [0.29, 0.717) is 30.8 Å². The molecule has 188 valence electrons. The molecule has 0 bridgehead atoms. The molecule has 2 N–H and O–H groups in total. The highest BCUT2D eigenvalue weighted by atomic mass is 16.6. The Kier molecular flexibility index (Phi) is 10.9. The number of aromatic hydroxyl groups is 2. The molecule has 0 saturated carbocycles. The summed E-state index contributed by atoms with van der Waals surface area (Å²) in [6.45, 7) is 8.69. The van der Waals surface area contributed by atoms with Crippen molar-refractivity contribution in [1.29, 1.82) is 0 Å². The Labute approximate surface area is 201 Å². The molecule has 0 spiro atoms. The van der Waals surface area contributed by atoms with E-state index in [1.165, 1.54) is 6.07 Å². The largest absolute Gasteiger partial charge is 0.508 e. The number of allylic oxidation sites excluding steroid dienone is 2. The maximum Gasteiger partial charge on any atom is 0.342 e. The van der Waals surface area contributed by atoms with Crippen LogP contribution in [0.3, 0.4) is 0 Å². The first-order chi connectivity index (χ1) is 16.2. The van der Waals surface area contributed by atoms with Gasteiger partial charge in [-0.3, -0.25) is 4.79 Å². The molecular formula is C25H36N2O7. The minimum Gasteiger partial charge on any atom is -0.508 e. The third-order valence-electron chi connectivity index (χ3n) is 5.10. The summed E-state index contributed by atoms with van der Waals surface area (Å²) < 4.78 is 10.8. The van der Waals surface area contributed by atoms with Crippen molar-refractivity contribution >= 4 is 17.6 Å². The van der Waals surface area contributed by atoms with E-state index in [0.717, 1.165) is 18.9 Å². The number of hydrogen-bond donors (Lipinski definition) is 2. The van der Waals surface area contributed by atoms with Crippen LogP contribution in [0.1, 0.15) is 62.9 Å². The zero-order valence-electron chi connectivity index (χ0n) is 20.5. The number of phenols is 2. The average Bonchev–Trinajstić information content (AvgIpc) is 2.76. The van der Waals surface area contributed by atoms with Crippen LogP contribution in [0.25, 0.3) is 0 Å². The summed E-state index contributed by atoms with van der Waals surface area (Å²) in [5.74, 6) is -1.44. The lowest BCUT2D eigenvalue weighted by Gasteiger charge is -2.35. The summed E-state index contributed by atoms with van der Waals surface area (Å²) >= 11 is 0. The molecule has 9 nitrogen and oxygen atoms in total. The summed E-state index contributed by atoms with van der Waals surface area (Å²) in [4.78, 5) is 32.1. The Balaban J connectivity index is 2.19. The second-order valence-corrected chi connectivity index (χ2v) is 8.41. The number of oxime groups is 1. The summed E-state index contributed by atoms with van der Waals surface area (Å²) in [5.41, 5.74) is 0.735. The number of morpholine rings is 1. The molecule has 1 heterocycles. The number of esters is 1. The average molecular weight is 477 g/mol. The molecule has 2 unspecified atom stereocenters. The van der Waals surface area contributed by atoms with Crippen LogP contribution in [-0.4, -0.2) is 71.2 Å². The van der Waals surface area contributed by atoms with Gasteiger partial charge in [0.1, 0.15) is 17.1 Å². The van der Waals surface area contributed by atoms with E-state index in [2.05, 4.69) is 5.16 Å². The molecule has 1 fully saturated rings. The fraction of sp³-hybridized carbons (Fsp3) is 0.560. The van der Waals surface area contributed by atoms with Crippen molar-refractivity contribution in [2.24, 2.45) is 5.16 Å². The maximum absolute atomic E-state index is 12.6. The van der Waals surface area contributed by atoms with Crippen molar-refractivity contribution < 1.29 is 34.1 Å². The quantitative estimate of drug-likeness (QED) is 0.285. The van der Waals surface area contributed by atoms with Gasteiger partial charge in [0.2, 0.25) is 0 Å². The molecule has 0 radical (unpaired) electrons. The first kappa shape index (κ1) is 27.2. The van der Waals surface area contributed by atoms with Gasteiger partial charge in [-0.15, -0.1) is 0 Å². The van der Waals surface area contributed by atoms with Gasteiger partial charge in [0, 0.05) is 25.6 Å². The van der Waals surface area contributed by atoms with Gasteiger partial charge in [0.15, 0.2) is 6.61 Å². The summed E-state index contributed by atoms with van der Waals surface area (Å²) in [7, 11) is 0. The minimum atomic E-state index is -0.683. The molecule has 1 aliphatic rings. The highest BCUT2D eigenvalue weighted by molar-refractivity contribution is 6.00. The lowest BCUT2D eigenvalue weighted by molar-refractivity contribution is -0.147. The first-order valence-corrected chi connectivity index (χ1v) is 11.8. The van der Waals surface area contributed by atoms with Crippen LogP contribution in [0.15, 0.2) is 29.4 Å². The predicted octanol–water partition coefficient (Wildman–Crippen LogP) is 3.57. The third-order valence-corrected chi connectivity index (χ3v) is 5.10. The van der Waals surface area contributed by atoms with Crippen LogP contribution in [-0.2, 0) is 25.5 Å². The first-order valence-electron chi connectivity index (χ1n) is 11.8. The smallest absolute Gasteiger partial charge is 0.342 e. The predicted molar refractivity (Wildman–Crippen MR) is 128 cm³/mol. The van der Waals surface area contributed by atoms with E-state index >= 15 is 0 Å². The van der Waals surface area contributed by atoms with Crippen LogP contribution in [0.5, 0.6) is 11.5 Å². The molecular weight excluding hydrogens is 440 g/mol. The normalized spacial score (nSPS) is 18.8. The summed E-state index contributed by atoms with van der Waals surface area (Å²) in [6, 6.07) is 2.47. The number of rotatable bonds is 11. The molecule has 1 aromatic carbocycles. The van der Waals surface area contributed by atoms with Gasteiger partial charge in [-0.05, 0) is 44.4 Å². The molecule has 9 heteroatoms. The summed E-state index contributed by atoms with van der Waals surface area (Å²) in [5, 5.41) is 24.4. The fourth-order valence-corrected chi connectivity index (χ4v) is 3.66. The number of carbonyl (C=O) groups is 2. The van der Waals surface area contributed by atoms with Crippen molar-refractivity contribution in [2.75, 3.05) is 26.3 Å². The van der Waals surface area contributed by atoms with E-state index in [9.17, 15) is 19.8 Å². The Morgan fingerprint density at radius 2 is 1.88 bits per heavy atom. The van der Waals surface area contributed by atoms with E-state index < -0.39 is 5.97 Å². The zero-order valence-corrected chi connectivity index (χ0v) is 20.5. The number of unbranched alkanes of at least 4 members (excludes halogenated alkanes) is 1. The Bertz CT molecular complexity index is 887. The number of hydrogen-bond acceptors (Lipinski definition) is 8. The lowest BCUT2D eigenvalue weighted by Crippen LogP contribution is -2.49. The Morgan fingerprint density at radius 3 is 2.53 bits per heavy atom. The number of nitrogens with zero attached hydrogens (tertiary/aromatic N) is 2. The number of carbonyl (C=O) groups excluding carboxylic acids is 2. The molecule has 1 amide bonds. The fourth-order valence-electron chi connectivity index (χ4n) is 3.66. The molecule has 0 aliphatic carbocycles. The van der Waals surface area contributed by atoms with E-state index in [1.54, 1.807) is 11.0 Å². The van der Waals surface area contributed by atoms with Gasteiger partial charge in [-0.2, -0.15) is 0 Å². The molecule has 1 aromatic rings. The minimum absolute atomic E-state index is 0.0322. The van der Waals surface area contributed by atoms with Crippen molar-refractivity contribution in [1.82, 2.24) is 4.90 Å². The molecule has 0 aromatic heterocycles. The van der Waals surface area contributed by atoms with Crippen molar-refractivity contribution in [3.05, 3.63) is 35.4 Å². The van der Waals surface area contributed by atoms with Gasteiger partial charge in [0.25, 0.3) is 5.91 Å². The zero-order chi connectivity index (χ0) is 25.1.